The zero-order chi connectivity index (χ0) is 12.5. The number of anilines is 1. The number of fused-ring (bicyclic) bond motifs is 1. The molecule has 4 heteroatoms. The van der Waals surface area contributed by atoms with Gasteiger partial charge in [-0.15, -0.1) is 0 Å². The standard InChI is InChI=1S/C14H13N3O/c1-18-10-6-7-13(11(15)8-10)17-9-16-12-4-2-3-5-14(12)17/h2-9H,15H2,1H3. The van der Waals surface area contributed by atoms with E-state index in [4.69, 9.17) is 10.5 Å². The largest absolute Gasteiger partial charge is 0.497 e. The fourth-order valence-electron chi connectivity index (χ4n) is 2.03. The molecular weight excluding hydrogens is 226 g/mol. The van der Waals surface area contributed by atoms with E-state index in [-0.39, 0.29) is 0 Å². The van der Waals surface area contributed by atoms with Gasteiger partial charge in [0.05, 0.1) is 29.5 Å². The number of aromatic nitrogens is 2. The number of nitrogen functional groups attached to an aromatic ring is 1. The second-order valence-electron chi connectivity index (χ2n) is 4.03. The normalized spacial score (nSPS) is 10.7. The maximum atomic E-state index is 6.05. The van der Waals surface area contributed by atoms with Gasteiger partial charge >= 0.3 is 0 Å². The van der Waals surface area contributed by atoms with E-state index in [1.165, 1.54) is 0 Å². The quantitative estimate of drug-likeness (QED) is 0.699. The number of hydrogen-bond acceptors (Lipinski definition) is 3. The van der Waals surface area contributed by atoms with Gasteiger partial charge in [-0.05, 0) is 24.3 Å². The highest BCUT2D eigenvalue weighted by Gasteiger charge is 2.07. The maximum Gasteiger partial charge on any atom is 0.121 e. The summed E-state index contributed by atoms with van der Waals surface area (Å²) in [4.78, 5) is 4.35. The number of benzene rings is 2. The van der Waals surface area contributed by atoms with Crippen LogP contribution in [0, 0.1) is 0 Å². The lowest BCUT2D eigenvalue weighted by molar-refractivity contribution is 0.415. The summed E-state index contributed by atoms with van der Waals surface area (Å²) in [5.41, 5.74) is 9.61. The van der Waals surface area contributed by atoms with Crippen LogP contribution in [0.5, 0.6) is 5.75 Å². The number of ether oxygens (including phenoxy) is 1. The molecule has 1 heterocycles. The molecule has 0 aliphatic rings. The van der Waals surface area contributed by atoms with Gasteiger partial charge in [0.2, 0.25) is 0 Å². The van der Waals surface area contributed by atoms with Crippen molar-refractivity contribution in [3.05, 3.63) is 48.8 Å². The molecule has 0 spiro atoms. The number of para-hydroxylation sites is 2. The van der Waals surface area contributed by atoms with E-state index in [1.807, 2.05) is 47.0 Å². The zero-order valence-electron chi connectivity index (χ0n) is 10.00. The van der Waals surface area contributed by atoms with Crippen molar-refractivity contribution in [1.29, 1.82) is 0 Å². The Morgan fingerprint density at radius 1 is 1.17 bits per heavy atom. The lowest BCUT2D eigenvalue weighted by Gasteiger charge is -2.09. The number of rotatable bonds is 2. The smallest absolute Gasteiger partial charge is 0.121 e. The lowest BCUT2D eigenvalue weighted by Crippen LogP contribution is -1.99. The molecule has 4 nitrogen and oxygen atoms in total. The highest BCUT2D eigenvalue weighted by molar-refractivity contribution is 5.79. The molecule has 0 saturated heterocycles. The Hall–Kier alpha value is -2.49. The summed E-state index contributed by atoms with van der Waals surface area (Å²) in [7, 11) is 1.63. The minimum absolute atomic E-state index is 0.664. The third-order valence-corrected chi connectivity index (χ3v) is 2.95. The van der Waals surface area contributed by atoms with Crippen LogP contribution in [0.25, 0.3) is 16.7 Å². The molecule has 2 aromatic carbocycles. The van der Waals surface area contributed by atoms with Crippen molar-refractivity contribution >= 4 is 16.7 Å². The maximum absolute atomic E-state index is 6.05. The Labute approximate surface area is 105 Å². The number of methoxy groups -OCH3 is 1. The monoisotopic (exact) mass is 239 g/mol. The second-order valence-corrected chi connectivity index (χ2v) is 4.03. The van der Waals surface area contributed by atoms with Crippen LogP contribution in [0.2, 0.25) is 0 Å². The molecule has 90 valence electrons. The van der Waals surface area contributed by atoms with Crippen molar-refractivity contribution < 1.29 is 4.74 Å². The summed E-state index contributed by atoms with van der Waals surface area (Å²) < 4.78 is 7.13. The fraction of sp³-hybridized carbons (Fsp3) is 0.0714. The van der Waals surface area contributed by atoms with Crippen LogP contribution < -0.4 is 10.5 Å². The van der Waals surface area contributed by atoms with E-state index in [0.29, 0.717) is 5.69 Å². The molecule has 0 radical (unpaired) electrons. The highest BCUT2D eigenvalue weighted by atomic mass is 16.5. The Bertz CT molecular complexity index is 703. The number of nitrogens with zero attached hydrogens (tertiary/aromatic N) is 2. The van der Waals surface area contributed by atoms with E-state index >= 15 is 0 Å². The molecule has 0 amide bonds. The molecule has 0 saturated carbocycles. The van der Waals surface area contributed by atoms with Crippen LogP contribution in [0.3, 0.4) is 0 Å². The van der Waals surface area contributed by atoms with Gasteiger partial charge in [-0.25, -0.2) is 4.98 Å². The van der Waals surface area contributed by atoms with E-state index in [1.54, 1.807) is 13.4 Å². The Balaban J connectivity index is 2.20. The van der Waals surface area contributed by atoms with Gasteiger partial charge in [-0.1, -0.05) is 12.1 Å². The number of nitrogens with two attached hydrogens (primary N) is 1. The summed E-state index contributed by atoms with van der Waals surface area (Å²) >= 11 is 0. The van der Waals surface area contributed by atoms with E-state index in [2.05, 4.69) is 4.98 Å². The molecule has 0 bridgehead atoms. The van der Waals surface area contributed by atoms with Gasteiger partial charge < -0.3 is 10.5 Å². The Kier molecular flexibility index (Phi) is 2.41. The van der Waals surface area contributed by atoms with Crippen LogP contribution in [0.1, 0.15) is 0 Å². The molecule has 18 heavy (non-hydrogen) atoms. The Morgan fingerprint density at radius 2 is 2.00 bits per heavy atom. The first kappa shape index (κ1) is 10.7. The lowest BCUT2D eigenvalue weighted by atomic mass is 10.2. The highest BCUT2D eigenvalue weighted by Crippen LogP contribution is 2.26. The molecular formula is C14H13N3O. The molecule has 1 aromatic heterocycles. The van der Waals surface area contributed by atoms with E-state index in [9.17, 15) is 0 Å². The van der Waals surface area contributed by atoms with Gasteiger partial charge in [-0.2, -0.15) is 0 Å². The minimum Gasteiger partial charge on any atom is -0.497 e. The summed E-state index contributed by atoms with van der Waals surface area (Å²) in [6, 6.07) is 13.6. The van der Waals surface area contributed by atoms with Gasteiger partial charge in [0, 0.05) is 6.07 Å². The molecule has 2 N–H and O–H groups in total. The average molecular weight is 239 g/mol. The van der Waals surface area contributed by atoms with E-state index in [0.717, 1.165) is 22.5 Å². The van der Waals surface area contributed by atoms with Crippen molar-refractivity contribution in [2.45, 2.75) is 0 Å². The Morgan fingerprint density at radius 3 is 2.78 bits per heavy atom. The summed E-state index contributed by atoms with van der Waals surface area (Å²) in [5, 5.41) is 0. The van der Waals surface area contributed by atoms with Crippen LogP contribution in [-0.4, -0.2) is 16.7 Å². The van der Waals surface area contributed by atoms with Gasteiger partial charge in [0.1, 0.15) is 12.1 Å². The first-order valence-corrected chi connectivity index (χ1v) is 5.65. The molecule has 0 aliphatic carbocycles. The number of imidazole rings is 1. The van der Waals surface area contributed by atoms with Gasteiger partial charge in [0.25, 0.3) is 0 Å². The summed E-state index contributed by atoms with van der Waals surface area (Å²) in [5.74, 6) is 0.751. The average Bonchev–Trinajstić information content (AvgIpc) is 2.82. The third-order valence-electron chi connectivity index (χ3n) is 2.95. The van der Waals surface area contributed by atoms with Crippen LogP contribution >= 0.6 is 0 Å². The first-order chi connectivity index (χ1) is 8.79. The van der Waals surface area contributed by atoms with Crippen LogP contribution in [-0.2, 0) is 0 Å². The van der Waals surface area contributed by atoms with Crippen molar-refractivity contribution in [2.24, 2.45) is 0 Å². The summed E-state index contributed by atoms with van der Waals surface area (Å²) in [6.45, 7) is 0. The van der Waals surface area contributed by atoms with E-state index < -0.39 is 0 Å². The van der Waals surface area contributed by atoms with Crippen LogP contribution in [0.15, 0.2) is 48.8 Å². The van der Waals surface area contributed by atoms with Gasteiger partial charge in [-0.3, -0.25) is 4.57 Å². The molecule has 3 rings (SSSR count). The molecule has 0 atom stereocenters. The predicted octanol–water partition coefficient (Wildman–Crippen LogP) is 2.62. The SMILES string of the molecule is COc1ccc(-n2cnc3ccccc32)c(N)c1. The minimum atomic E-state index is 0.664. The third kappa shape index (κ3) is 1.59. The van der Waals surface area contributed by atoms with Crippen molar-refractivity contribution in [3.63, 3.8) is 0 Å². The van der Waals surface area contributed by atoms with Crippen LogP contribution in [0.4, 0.5) is 5.69 Å². The molecule has 0 aliphatic heterocycles. The second kappa shape index (κ2) is 4.07. The molecule has 0 fully saturated rings. The van der Waals surface area contributed by atoms with Crippen molar-refractivity contribution in [2.75, 3.05) is 12.8 Å². The predicted molar refractivity (Wildman–Crippen MR) is 72.0 cm³/mol. The van der Waals surface area contributed by atoms with Gasteiger partial charge in [0.15, 0.2) is 0 Å². The number of hydrogen-bond donors (Lipinski definition) is 1. The zero-order valence-corrected chi connectivity index (χ0v) is 10.00. The first-order valence-electron chi connectivity index (χ1n) is 5.65. The topological polar surface area (TPSA) is 53.1 Å². The molecule has 3 aromatic rings. The van der Waals surface area contributed by atoms with Crippen molar-refractivity contribution in [3.8, 4) is 11.4 Å². The van der Waals surface area contributed by atoms with Crippen molar-refractivity contribution in [1.82, 2.24) is 9.55 Å². The fourth-order valence-corrected chi connectivity index (χ4v) is 2.03. The summed E-state index contributed by atoms with van der Waals surface area (Å²) in [6.07, 6.45) is 1.78. The molecule has 0 unspecified atom stereocenters.